The second-order valence-electron chi connectivity index (χ2n) is 20.6. The van der Waals surface area contributed by atoms with Gasteiger partial charge in [0.05, 0.1) is 43.7 Å². The van der Waals surface area contributed by atoms with Crippen LogP contribution in [0.4, 0.5) is 0 Å². The highest BCUT2D eigenvalue weighted by Crippen LogP contribution is 2.70. The van der Waals surface area contributed by atoms with Gasteiger partial charge in [-0.3, -0.25) is 0 Å². The van der Waals surface area contributed by atoms with Gasteiger partial charge in [-0.2, -0.15) is 0 Å². The van der Waals surface area contributed by atoms with Gasteiger partial charge in [0, 0.05) is 24.2 Å². The van der Waals surface area contributed by atoms with Crippen molar-refractivity contribution in [3.8, 4) is 0 Å². The third-order valence-electron chi connectivity index (χ3n) is 17.0. The van der Waals surface area contributed by atoms with Crippen LogP contribution in [0.25, 0.3) is 0 Å². The van der Waals surface area contributed by atoms with Crippen molar-refractivity contribution in [3.63, 3.8) is 0 Å². The molecule has 0 aromatic heterocycles. The Morgan fingerprint density at radius 2 is 1.44 bits per heavy atom. The lowest BCUT2D eigenvalue weighted by atomic mass is 9.46. The Labute approximate surface area is 357 Å². The molecule has 0 bridgehead atoms. The minimum absolute atomic E-state index is 0.0192. The number of aliphatic hydroxyl groups is 10. The zero-order chi connectivity index (χ0) is 44.1. The van der Waals surface area contributed by atoms with Crippen LogP contribution in [-0.4, -0.2) is 174 Å². The number of ether oxygens (including phenoxy) is 7. The molecule has 17 nitrogen and oxygen atoms in total. The van der Waals surface area contributed by atoms with Gasteiger partial charge < -0.3 is 84.2 Å². The highest BCUT2D eigenvalue weighted by Gasteiger charge is 2.69. The smallest absolute Gasteiger partial charge is 0.187 e. The van der Waals surface area contributed by atoms with Crippen LogP contribution in [-0.2, 0) is 33.2 Å². The maximum absolute atomic E-state index is 12.1. The summed E-state index contributed by atoms with van der Waals surface area (Å²) in [6, 6.07) is 0. The number of fused-ring (bicyclic) bond motifs is 7. The van der Waals surface area contributed by atoms with Gasteiger partial charge in [0.1, 0.15) is 54.9 Å². The molecule has 0 aromatic rings. The molecule has 0 aromatic carbocycles. The number of rotatable bonds is 10. The standard InChI is InChI=1S/C44H72O17/c1-18(16-55-39-36(52)34(50)31(47)20(3)57-39)9-12-44(54)19(2)30-28(61-44)15-26-24-8-7-22-13-23(45)14-29(43(22,6)25(24)10-11-42(26,30)5)59-41-38(33(49)27(46)17-56-41)60-40-37(53)35(51)32(48)21(4)58-40/h7,18-21,23-41,45-54H,8-17H2,1-6H3/t18-,19+,20+,21-,23-,24?,25?,26?,27-,28+,29-,30+,31+,32-,33+,34-,35+,36-,37+,38-,39-,40-,41+,42+,43+,44+/m1/s1. The summed E-state index contributed by atoms with van der Waals surface area (Å²) in [5.74, 6) is -0.592. The number of aliphatic hydroxyl groups excluding tert-OH is 9. The van der Waals surface area contributed by atoms with Crippen molar-refractivity contribution in [2.45, 2.75) is 203 Å². The van der Waals surface area contributed by atoms with Crippen molar-refractivity contribution < 1.29 is 84.2 Å². The Morgan fingerprint density at radius 1 is 0.787 bits per heavy atom. The van der Waals surface area contributed by atoms with Crippen LogP contribution in [0.1, 0.15) is 92.9 Å². The van der Waals surface area contributed by atoms with E-state index in [0.29, 0.717) is 31.6 Å². The Hall–Kier alpha value is -0.940. The van der Waals surface area contributed by atoms with Gasteiger partial charge in [0.2, 0.25) is 0 Å². The maximum Gasteiger partial charge on any atom is 0.187 e. The third kappa shape index (κ3) is 8.00. The molecule has 26 atom stereocenters. The van der Waals surface area contributed by atoms with Gasteiger partial charge >= 0.3 is 0 Å². The number of hydrogen-bond acceptors (Lipinski definition) is 17. The Kier molecular flexibility index (Phi) is 13.3. The largest absolute Gasteiger partial charge is 0.393 e. The first-order valence-corrected chi connectivity index (χ1v) is 22.8. The predicted octanol–water partition coefficient (Wildman–Crippen LogP) is -0.194. The summed E-state index contributed by atoms with van der Waals surface area (Å²) >= 11 is 0. The van der Waals surface area contributed by atoms with Crippen molar-refractivity contribution >= 4 is 0 Å². The monoisotopic (exact) mass is 872 g/mol. The molecule has 7 fully saturated rings. The van der Waals surface area contributed by atoms with Crippen LogP contribution < -0.4 is 0 Å². The summed E-state index contributed by atoms with van der Waals surface area (Å²) in [5.41, 5.74) is 0.496. The van der Waals surface area contributed by atoms with Crippen molar-refractivity contribution in [1.82, 2.24) is 0 Å². The lowest BCUT2D eigenvalue weighted by Crippen LogP contribution is -2.63. The third-order valence-corrected chi connectivity index (χ3v) is 17.0. The minimum atomic E-state index is -1.65. The molecule has 3 unspecified atom stereocenters. The molecule has 61 heavy (non-hydrogen) atoms. The van der Waals surface area contributed by atoms with E-state index >= 15 is 0 Å². The highest BCUT2D eigenvalue weighted by molar-refractivity contribution is 5.28. The molecule has 0 amide bonds. The molecule has 4 aliphatic heterocycles. The van der Waals surface area contributed by atoms with E-state index in [1.54, 1.807) is 6.92 Å². The molecule has 350 valence electrons. The fourth-order valence-corrected chi connectivity index (χ4v) is 13.3. The highest BCUT2D eigenvalue weighted by atomic mass is 16.8. The first kappa shape index (κ1) is 46.6. The van der Waals surface area contributed by atoms with E-state index in [4.69, 9.17) is 33.2 Å². The molecule has 17 heteroatoms. The Balaban J connectivity index is 0.940. The number of allylic oxidation sites excluding steroid dienone is 1. The van der Waals surface area contributed by atoms with E-state index in [1.165, 1.54) is 6.92 Å². The maximum atomic E-state index is 12.1. The summed E-state index contributed by atoms with van der Waals surface area (Å²) in [7, 11) is 0. The van der Waals surface area contributed by atoms with Gasteiger partial charge in [-0.25, -0.2) is 0 Å². The summed E-state index contributed by atoms with van der Waals surface area (Å²) in [4.78, 5) is 0. The van der Waals surface area contributed by atoms with E-state index in [9.17, 15) is 51.1 Å². The molecule has 0 radical (unpaired) electrons. The molecule has 4 saturated heterocycles. The second-order valence-corrected chi connectivity index (χ2v) is 20.6. The predicted molar refractivity (Wildman–Crippen MR) is 212 cm³/mol. The van der Waals surface area contributed by atoms with Crippen molar-refractivity contribution in [3.05, 3.63) is 11.6 Å². The van der Waals surface area contributed by atoms with Gasteiger partial charge in [-0.1, -0.05) is 39.3 Å². The van der Waals surface area contributed by atoms with E-state index in [1.807, 2.05) is 6.92 Å². The SMILES string of the molecule is C[C@H](CC[C@]1(O)O[C@H]2CC3C4CC=C5C[C@@H](O)C[C@@H](O[C@@H]6OC[C@@H](O)[C@H](O)[C@H]6O[C@H]6O[C@H](C)[C@@H](O)[C@H](O)[C@@H]6O)[C@]5(C)C4CC[C@]3(C)[C@H]2[C@@H]1C)CO[C@@H]1O[C@@H](C)[C@H](O)[C@@H](O)[C@H]1O. The van der Waals surface area contributed by atoms with E-state index in [0.717, 1.165) is 31.3 Å². The summed E-state index contributed by atoms with van der Waals surface area (Å²) in [5, 5.41) is 107. The lowest BCUT2D eigenvalue weighted by molar-refractivity contribution is -0.362. The van der Waals surface area contributed by atoms with Crippen LogP contribution in [0.3, 0.4) is 0 Å². The average Bonchev–Trinajstić information content (AvgIpc) is 3.66. The normalized spacial score (nSPS) is 56.4. The number of hydrogen-bond donors (Lipinski definition) is 10. The van der Waals surface area contributed by atoms with Crippen molar-refractivity contribution in [1.29, 1.82) is 0 Å². The first-order valence-electron chi connectivity index (χ1n) is 22.8. The molecule has 8 aliphatic rings. The van der Waals surface area contributed by atoms with Gasteiger partial charge in [-0.05, 0) is 87.4 Å². The zero-order valence-corrected chi connectivity index (χ0v) is 36.3. The van der Waals surface area contributed by atoms with Crippen LogP contribution >= 0.6 is 0 Å². The Bertz CT molecular complexity index is 1570. The van der Waals surface area contributed by atoms with Crippen LogP contribution in [0, 0.1) is 46.3 Å². The molecule has 10 N–H and O–H groups in total. The van der Waals surface area contributed by atoms with Gasteiger partial charge in [-0.15, -0.1) is 0 Å². The molecule has 0 spiro atoms. The van der Waals surface area contributed by atoms with Crippen molar-refractivity contribution in [2.75, 3.05) is 13.2 Å². The fraction of sp³-hybridized carbons (Fsp3) is 0.955. The van der Waals surface area contributed by atoms with E-state index in [-0.39, 0.29) is 54.3 Å². The fourth-order valence-electron chi connectivity index (χ4n) is 13.3. The lowest BCUT2D eigenvalue weighted by Gasteiger charge is -2.60. The Morgan fingerprint density at radius 3 is 2.13 bits per heavy atom. The van der Waals surface area contributed by atoms with Crippen LogP contribution in [0.5, 0.6) is 0 Å². The summed E-state index contributed by atoms with van der Waals surface area (Å²) in [6.45, 7) is 11.8. The van der Waals surface area contributed by atoms with Crippen molar-refractivity contribution in [2.24, 2.45) is 46.3 Å². The quantitative estimate of drug-likeness (QED) is 0.128. The minimum Gasteiger partial charge on any atom is -0.393 e. The van der Waals surface area contributed by atoms with Gasteiger partial charge in [0.25, 0.3) is 0 Å². The molecule has 8 rings (SSSR count). The molecular weight excluding hydrogens is 800 g/mol. The van der Waals surface area contributed by atoms with E-state index in [2.05, 4.69) is 26.8 Å². The molecular formula is C44H72O17. The topological polar surface area (TPSA) is 267 Å². The summed E-state index contributed by atoms with van der Waals surface area (Å²) < 4.78 is 42.6. The molecule has 4 heterocycles. The van der Waals surface area contributed by atoms with Gasteiger partial charge in [0.15, 0.2) is 24.7 Å². The zero-order valence-electron chi connectivity index (χ0n) is 36.3. The molecule has 3 saturated carbocycles. The first-order chi connectivity index (χ1) is 28.7. The van der Waals surface area contributed by atoms with E-state index < -0.39 is 109 Å². The molecule has 4 aliphatic carbocycles. The van der Waals surface area contributed by atoms with Crippen LogP contribution in [0.15, 0.2) is 11.6 Å². The second kappa shape index (κ2) is 17.4. The summed E-state index contributed by atoms with van der Waals surface area (Å²) in [6.07, 6.45) is -11.9. The van der Waals surface area contributed by atoms with Crippen LogP contribution in [0.2, 0.25) is 0 Å². The average molecular weight is 873 g/mol.